The smallest absolute Gasteiger partial charge is 0.0110 e. The van der Waals surface area contributed by atoms with Crippen molar-refractivity contribution < 1.29 is 0 Å². The Morgan fingerprint density at radius 3 is 2.53 bits per heavy atom. The molecule has 1 saturated carbocycles. The van der Waals surface area contributed by atoms with E-state index in [1.807, 2.05) is 0 Å². The molecule has 1 aliphatic heterocycles. The van der Waals surface area contributed by atoms with Gasteiger partial charge in [0.05, 0.1) is 0 Å². The Morgan fingerprint density at radius 2 is 1.82 bits per heavy atom. The fraction of sp³-hybridized carbons (Fsp3) is 1.00. The first-order chi connectivity index (χ1) is 8.27. The van der Waals surface area contributed by atoms with Gasteiger partial charge in [0.2, 0.25) is 0 Å². The van der Waals surface area contributed by atoms with E-state index in [1.165, 1.54) is 64.5 Å². The van der Waals surface area contributed by atoms with Gasteiger partial charge in [-0.2, -0.15) is 0 Å². The molecule has 0 spiro atoms. The fourth-order valence-corrected chi connectivity index (χ4v) is 3.61. The standard InChI is InChI=1S/C15H30N2/c1-13(2)17-12-6-9-15(17)10-11-16-14-7-4-3-5-8-14/h13-16H,3-12H2,1-2H3. The molecule has 1 saturated heterocycles. The number of rotatable bonds is 5. The van der Waals surface area contributed by atoms with Crippen LogP contribution < -0.4 is 5.32 Å². The van der Waals surface area contributed by atoms with Crippen molar-refractivity contribution in [3.63, 3.8) is 0 Å². The highest BCUT2D eigenvalue weighted by Crippen LogP contribution is 2.22. The summed E-state index contributed by atoms with van der Waals surface area (Å²) in [6, 6.07) is 2.42. The van der Waals surface area contributed by atoms with Crippen LogP contribution in [-0.2, 0) is 0 Å². The molecule has 2 nitrogen and oxygen atoms in total. The first-order valence-corrected chi connectivity index (χ1v) is 7.76. The van der Waals surface area contributed by atoms with Crippen LogP contribution in [0.3, 0.4) is 0 Å². The molecule has 1 atom stereocenters. The van der Waals surface area contributed by atoms with Gasteiger partial charge in [0.25, 0.3) is 0 Å². The maximum Gasteiger partial charge on any atom is 0.0110 e. The quantitative estimate of drug-likeness (QED) is 0.791. The lowest BCUT2D eigenvalue weighted by Gasteiger charge is -2.29. The zero-order valence-electron chi connectivity index (χ0n) is 11.8. The molecular formula is C15H30N2. The van der Waals surface area contributed by atoms with Crippen LogP contribution in [0.4, 0.5) is 0 Å². The SMILES string of the molecule is CC(C)N1CCCC1CCNC1CCCCC1. The highest BCUT2D eigenvalue weighted by Gasteiger charge is 2.26. The number of nitrogens with one attached hydrogen (secondary N) is 1. The van der Waals surface area contributed by atoms with Crippen LogP contribution in [0.2, 0.25) is 0 Å². The number of nitrogens with zero attached hydrogens (tertiary/aromatic N) is 1. The Balaban J connectivity index is 1.63. The number of likely N-dealkylation sites (tertiary alicyclic amines) is 1. The van der Waals surface area contributed by atoms with E-state index >= 15 is 0 Å². The number of hydrogen-bond donors (Lipinski definition) is 1. The van der Waals surface area contributed by atoms with Crippen molar-refractivity contribution in [3.05, 3.63) is 0 Å². The van der Waals surface area contributed by atoms with Crippen LogP contribution in [0.1, 0.15) is 65.2 Å². The van der Waals surface area contributed by atoms with Gasteiger partial charge in [-0.1, -0.05) is 19.3 Å². The second-order valence-corrected chi connectivity index (χ2v) is 6.21. The van der Waals surface area contributed by atoms with Gasteiger partial charge >= 0.3 is 0 Å². The van der Waals surface area contributed by atoms with Gasteiger partial charge in [0.1, 0.15) is 0 Å². The van der Waals surface area contributed by atoms with E-state index in [0.29, 0.717) is 0 Å². The van der Waals surface area contributed by atoms with Crippen LogP contribution in [-0.4, -0.2) is 36.1 Å². The highest BCUT2D eigenvalue weighted by atomic mass is 15.2. The van der Waals surface area contributed by atoms with Crippen LogP contribution in [0.5, 0.6) is 0 Å². The minimum absolute atomic E-state index is 0.734. The first kappa shape index (κ1) is 13.4. The fourth-order valence-electron chi connectivity index (χ4n) is 3.61. The Hall–Kier alpha value is -0.0800. The molecular weight excluding hydrogens is 208 g/mol. The van der Waals surface area contributed by atoms with Crippen molar-refractivity contribution >= 4 is 0 Å². The van der Waals surface area contributed by atoms with E-state index in [0.717, 1.165) is 18.1 Å². The summed E-state index contributed by atoms with van der Waals surface area (Å²) in [6.07, 6.45) is 11.4. The molecule has 2 rings (SSSR count). The summed E-state index contributed by atoms with van der Waals surface area (Å²) in [6.45, 7) is 7.24. The average molecular weight is 238 g/mol. The molecule has 2 heteroatoms. The predicted molar refractivity (Wildman–Crippen MR) is 74.4 cm³/mol. The molecule has 2 aliphatic rings. The molecule has 0 amide bonds. The van der Waals surface area contributed by atoms with Crippen LogP contribution in [0.25, 0.3) is 0 Å². The molecule has 17 heavy (non-hydrogen) atoms. The van der Waals surface area contributed by atoms with E-state index in [2.05, 4.69) is 24.1 Å². The maximum absolute atomic E-state index is 3.78. The van der Waals surface area contributed by atoms with Crippen LogP contribution in [0, 0.1) is 0 Å². The third-order valence-electron chi connectivity index (χ3n) is 4.60. The molecule has 1 aliphatic carbocycles. The monoisotopic (exact) mass is 238 g/mol. The van der Waals surface area contributed by atoms with Crippen molar-refractivity contribution in [1.82, 2.24) is 10.2 Å². The topological polar surface area (TPSA) is 15.3 Å². The van der Waals surface area contributed by atoms with Gasteiger partial charge < -0.3 is 5.32 Å². The van der Waals surface area contributed by atoms with E-state index in [1.54, 1.807) is 0 Å². The molecule has 100 valence electrons. The molecule has 1 heterocycles. The molecule has 0 radical (unpaired) electrons. The minimum atomic E-state index is 0.734. The van der Waals surface area contributed by atoms with E-state index in [4.69, 9.17) is 0 Å². The number of hydrogen-bond acceptors (Lipinski definition) is 2. The second kappa shape index (κ2) is 6.75. The van der Waals surface area contributed by atoms with Crippen molar-refractivity contribution in [2.24, 2.45) is 0 Å². The average Bonchev–Trinajstić information content (AvgIpc) is 2.79. The molecule has 2 fully saturated rings. The summed E-state index contributed by atoms with van der Waals surface area (Å²) < 4.78 is 0. The van der Waals surface area contributed by atoms with Gasteiger partial charge in [0.15, 0.2) is 0 Å². The third kappa shape index (κ3) is 3.96. The molecule has 0 bridgehead atoms. The van der Waals surface area contributed by atoms with Crippen molar-refractivity contribution in [1.29, 1.82) is 0 Å². The molecule has 0 aromatic heterocycles. The zero-order valence-corrected chi connectivity index (χ0v) is 11.8. The highest BCUT2D eigenvalue weighted by molar-refractivity contribution is 4.82. The van der Waals surface area contributed by atoms with Gasteiger partial charge in [-0.25, -0.2) is 0 Å². The molecule has 0 aromatic rings. The largest absolute Gasteiger partial charge is 0.314 e. The Labute approximate surface area is 107 Å². The molecule has 0 aromatic carbocycles. The first-order valence-electron chi connectivity index (χ1n) is 7.76. The summed E-state index contributed by atoms with van der Waals surface area (Å²) in [5, 5.41) is 3.78. The lowest BCUT2D eigenvalue weighted by atomic mass is 9.95. The van der Waals surface area contributed by atoms with Gasteiger partial charge in [-0.05, 0) is 59.0 Å². The van der Waals surface area contributed by atoms with Crippen molar-refractivity contribution in [2.75, 3.05) is 13.1 Å². The van der Waals surface area contributed by atoms with Gasteiger partial charge in [0, 0.05) is 18.1 Å². The lowest BCUT2D eigenvalue weighted by molar-refractivity contribution is 0.192. The Bertz CT molecular complexity index is 209. The Kier molecular flexibility index (Phi) is 5.30. The minimum Gasteiger partial charge on any atom is -0.314 e. The summed E-state index contributed by atoms with van der Waals surface area (Å²) in [5.74, 6) is 0. The van der Waals surface area contributed by atoms with Gasteiger partial charge in [-0.15, -0.1) is 0 Å². The summed E-state index contributed by atoms with van der Waals surface area (Å²) in [7, 11) is 0. The summed E-state index contributed by atoms with van der Waals surface area (Å²) >= 11 is 0. The predicted octanol–water partition coefficient (Wildman–Crippen LogP) is 3.17. The summed E-state index contributed by atoms with van der Waals surface area (Å²) in [5.41, 5.74) is 0. The third-order valence-corrected chi connectivity index (χ3v) is 4.60. The zero-order chi connectivity index (χ0) is 12.1. The van der Waals surface area contributed by atoms with E-state index < -0.39 is 0 Å². The Morgan fingerprint density at radius 1 is 1.06 bits per heavy atom. The van der Waals surface area contributed by atoms with Crippen molar-refractivity contribution in [2.45, 2.75) is 83.3 Å². The second-order valence-electron chi connectivity index (χ2n) is 6.21. The van der Waals surface area contributed by atoms with E-state index in [9.17, 15) is 0 Å². The summed E-state index contributed by atoms with van der Waals surface area (Å²) in [4.78, 5) is 2.70. The maximum atomic E-state index is 3.78. The normalized spacial score (nSPS) is 28.1. The molecule has 1 N–H and O–H groups in total. The van der Waals surface area contributed by atoms with Gasteiger partial charge in [-0.3, -0.25) is 4.90 Å². The van der Waals surface area contributed by atoms with Crippen LogP contribution in [0.15, 0.2) is 0 Å². The van der Waals surface area contributed by atoms with Crippen molar-refractivity contribution in [3.8, 4) is 0 Å². The van der Waals surface area contributed by atoms with E-state index in [-0.39, 0.29) is 0 Å². The molecule has 1 unspecified atom stereocenters. The lowest BCUT2D eigenvalue weighted by Crippen LogP contribution is -2.39. The van der Waals surface area contributed by atoms with Crippen LogP contribution >= 0.6 is 0 Å².